The molecular formula is C19H27N3O4. The summed E-state index contributed by atoms with van der Waals surface area (Å²) in [6, 6.07) is 9.43. The van der Waals surface area contributed by atoms with E-state index in [2.05, 4.69) is 16.0 Å². The molecule has 1 aromatic rings. The summed E-state index contributed by atoms with van der Waals surface area (Å²) >= 11 is 0. The lowest BCUT2D eigenvalue weighted by atomic mass is 9.99. The van der Waals surface area contributed by atoms with Crippen LogP contribution in [0.2, 0.25) is 0 Å². The van der Waals surface area contributed by atoms with Crippen LogP contribution in [-0.4, -0.2) is 44.0 Å². The van der Waals surface area contributed by atoms with Gasteiger partial charge in [0.05, 0.1) is 12.3 Å². The largest absolute Gasteiger partial charge is 0.461 e. The molecule has 1 aromatic carbocycles. The van der Waals surface area contributed by atoms with Crippen LogP contribution < -0.4 is 16.0 Å². The van der Waals surface area contributed by atoms with Crippen LogP contribution >= 0.6 is 0 Å². The van der Waals surface area contributed by atoms with Crippen molar-refractivity contribution in [3.05, 3.63) is 35.9 Å². The van der Waals surface area contributed by atoms with Crippen molar-refractivity contribution in [2.24, 2.45) is 5.92 Å². The van der Waals surface area contributed by atoms with Gasteiger partial charge in [0.2, 0.25) is 11.8 Å². The van der Waals surface area contributed by atoms with Crippen LogP contribution in [0.4, 0.5) is 0 Å². The SMILES string of the molecule is O=C(CCNC(=O)C1CCCNC1)NCCC(=O)OCc1ccccc1. The second-order valence-electron chi connectivity index (χ2n) is 6.33. The van der Waals surface area contributed by atoms with E-state index in [1.165, 1.54) is 0 Å². The number of esters is 1. The lowest BCUT2D eigenvalue weighted by Gasteiger charge is -2.21. The molecule has 1 saturated heterocycles. The molecule has 0 spiro atoms. The third-order valence-electron chi connectivity index (χ3n) is 4.21. The summed E-state index contributed by atoms with van der Waals surface area (Å²) in [5.74, 6) is -0.559. The molecule has 142 valence electrons. The molecule has 0 aromatic heterocycles. The number of carbonyl (C=O) groups is 3. The number of rotatable bonds is 9. The molecule has 7 nitrogen and oxygen atoms in total. The van der Waals surface area contributed by atoms with Crippen molar-refractivity contribution in [1.82, 2.24) is 16.0 Å². The first-order valence-corrected chi connectivity index (χ1v) is 9.10. The lowest BCUT2D eigenvalue weighted by Crippen LogP contribution is -2.41. The number of hydrogen-bond acceptors (Lipinski definition) is 5. The summed E-state index contributed by atoms with van der Waals surface area (Å²) in [6.45, 7) is 2.42. The second kappa shape index (κ2) is 11.3. The number of ether oxygens (including phenoxy) is 1. The number of carbonyl (C=O) groups excluding carboxylic acids is 3. The minimum Gasteiger partial charge on any atom is -0.461 e. The number of amides is 2. The smallest absolute Gasteiger partial charge is 0.307 e. The molecule has 0 bridgehead atoms. The third kappa shape index (κ3) is 7.65. The van der Waals surface area contributed by atoms with E-state index >= 15 is 0 Å². The minimum absolute atomic E-state index is 0.00510. The zero-order valence-corrected chi connectivity index (χ0v) is 15.0. The fraction of sp³-hybridized carbons (Fsp3) is 0.526. The van der Waals surface area contributed by atoms with Crippen LogP contribution in [0.25, 0.3) is 0 Å². The van der Waals surface area contributed by atoms with Gasteiger partial charge in [0, 0.05) is 26.1 Å². The highest BCUT2D eigenvalue weighted by Gasteiger charge is 2.20. The van der Waals surface area contributed by atoms with Gasteiger partial charge in [-0.25, -0.2) is 0 Å². The molecule has 1 fully saturated rings. The minimum atomic E-state index is -0.354. The average molecular weight is 361 g/mol. The second-order valence-corrected chi connectivity index (χ2v) is 6.33. The Hall–Kier alpha value is -2.41. The molecule has 0 saturated carbocycles. The van der Waals surface area contributed by atoms with E-state index in [1.54, 1.807) is 0 Å². The van der Waals surface area contributed by atoms with E-state index in [4.69, 9.17) is 4.74 Å². The van der Waals surface area contributed by atoms with Crippen LogP contribution in [0.5, 0.6) is 0 Å². The van der Waals surface area contributed by atoms with Crippen LogP contribution in [0.15, 0.2) is 30.3 Å². The Kier molecular flexibility index (Phi) is 8.62. The van der Waals surface area contributed by atoms with Crippen LogP contribution in [-0.2, 0) is 25.7 Å². The molecule has 1 unspecified atom stereocenters. The van der Waals surface area contributed by atoms with Gasteiger partial charge in [-0.2, -0.15) is 0 Å². The van der Waals surface area contributed by atoms with Crippen molar-refractivity contribution >= 4 is 17.8 Å². The Morgan fingerprint density at radius 2 is 1.85 bits per heavy atom. The van der Waals surface area contributed by atoms with E-state index in [0.717, 1.165) is 24.9 Å². The highest BCUT2D eigenvalue weighted by molar-refractivity contribution is 5.81. The molecule has 2 amide bonds. The van der Waals surface area contributed by atoms with Crippen molar-refractivity contribution < 1.29 is 19.1 Å². The van der Waals surface area contributed by atoms with Crippen molar-refractivity contribution in [1.29, 1.82) is 0 Å². The van der Waals surface area contributed by atoms with Gasteiger partial charge in [-0.05, 0) is 24.9 Å². The van der Waals surface area contributed by atoms with Crippen molar-refractivity contribution in [2.45, 2.75) is 32.3 Å². The van der Waals surface area contributed by atoms with Crippen molar-refractivity contribution in [3.63, 3.8) is 0 Å². The summed E-state index contributed by atoms with van der Waals surface area (Å²) < 4.78 is 5.14. The quantitative estimate of drug-likeness (QED) is 0.564. The highest BCUT2D eigenvalue weighted by atomic mass is 16.5. The van der Waals surface area contributed by atoms with Gasteiger partial charge < -0.3 is 20.7 Å². The zero-order chi connectivity index (χ0) is 18.6. The normalized spacial score (nSPS) is 16.5. The van der Waals surface area contributed by atoms with Crippen LogP contribution in [0.1, 0.15) is 31.2 Å². The Balaban J connectivity index is 1.50. The highest BCUT2D eigenvalue weighted by Crippen LogP contribution is 2.09. The molecule has 1 aliphatic heterocycles. The molecule has 3 N–H and O–H groups in total. The predicted molar refractivity (Wildman–Crippen MR) is 97.1 cm³/mol. The standard InChI is InChI=1S/C19H27N3O4/c23-17(8-11-22-19(25)16-7-4-10-20-13-16)21-12-9-18(24)26-14-15-5-2-1-3-6-15/h1-3,5-6,16,20H,4,7-14H2,(H,21,23)(H,22,25). The van der Waals surface area contributed by atoms with Gasteiger partial charge in [-0.15, -0.1) is 0 Å². The Morgan fingerprint density at radius 1 is 1.08 bits per heavy atom. The Bertz CT molecular complexity index is 586. The molecular weight excluding hydrogens is 334 g/mol. The molecule has 2 rings (SSSR count). The lowest BCUT2D eigenvalue weighted by molar-refractivity contribution is -0.144. The Morgan fingerprint density at radius 3 is 2.58 bits per heavy atom. The van der Waals surface area contributed by atoms with Crippen molar-refractivity contribution in [2.75, 3.05) is 26.2 Å². The van der Waals surface area contributed by atoms with Crippen molar-refractivity contribution in [3.8, 4) is 0 Å². The number of nitrogens with one attached hydrogen (secondary N) is 3. The zero-order valence-electron chi connectivity index (χ0n) is 15.0. The maximum Gasteiger partial charge on any atom is 0.307 e. The van der Waals surface area contributed by atoms with Gasteiger partial charge in [-0.1, -0.05) is 30.3 Å². The van der Waals surface area contributed by atoms with Gasteiger partial charge in [0.25, 0.3) is 0 Å². The predicted octanol–water partition coefficient (Wildman–Crippen LogP) is 0.742. The third-order valence-corrected chi connectivity index (χ3v) is 4.21. The summed E-state index contributed by atoms with van der Waals surface area (Å²) in [7, 11) is 0. The van der Waals surface area contributed by atoms with Crippen LogP contribution in [0, 0.1) is 5.92 Å². The number of piperidine rings is 1. The number of benzene rings is 1. The van der Waals surface area contributed by atoms with E-state index in [-0.39, 0.29) is 49.7 Å². The summed E-state index contributed by atoms with van der Waals surface area (Å²) in [5.41, 5.74) is 0.925. The Labute approximate surface area is 153 Å². The van der Waals surface area contributed by atoms with Gasteiger partial charge in [-0.3, -0.25) is 14.4 Å². The first-order valence-electron chi connectivity index (χ1n) is 9.10. The molecule has 7 heteroatoms. The molecule has 0 radical (unpaired) electrons. The van der Waals surface area contributed by atoms with E-state index < -0.39 is 0 Å². The maximum atomic E-state index is 11.9. The van der Waals surface area contributed by atoms with Gasteiger partial charge in [0.15, 0.2) is 0 Å². The molecule has 1 heterocycles. The topological polar surface area (TPSA) is 96.5 Å². The van der Waals surface area contributed by atoms with Crippen LogP contribution in [0.3, 0.4) is 0 Å². The summed E-state index contributed by atoms with van der Waals surface area (Å²) in [4.78, 5) is 35.3. The average Bonchev–Trinajstić information content (AvgIpc) is 2.68. The molecule has 1 aliphatic rings. The fourth-order valence-corrected chi connectivity index (χ4v) is 2.72. The van der Waals surface area contributed by atoms with E-state index in [1.807, 2.05) is 30.3 Å². The maximum absolute atomic E-state index is 11.9. The van der Waals surface area contributed by atoms with E-state index in [9.17, 15) is 14.4 Å². The summed E-state index contributed by atoms with van der Waals surface area (Å²) in [5, 5.41) is 8.64. The molecule has 1 atom stereocenters. The van der Waals surface area contributed by atoms with Gasteiger partial charge >= 0.3 is 5.97 Å². The first-order chi connectivity index (χ1) is 12.6. The first kappa shape index (κ1) is 19.9. The molecule has 0 aliphatic carbocycles. The number of hydrogen-bond donors (Lipinski definition) is 3. The summed E-state index contributed by atoms with van der Waals surface area (Å²) in [6.07, 6.45) is 2.21. The van der Waals surface area contributed by atoms with Gasteiger partial charge in [0.1, 0.15) is 6.61 Å². The van der Waals surface area contributed by atoms with E-state index in [0.29, 0.717) is 13.1 Å². The molecule has 26 heavy (non-hydrogen) atoms. The monoisotopic (exact) mass is 361 g/mol. The fourth-order valence-electron chi connectivity index (χ4n) is 2.72.